The fourth-order valence-corrected chi connectivity index (χ4v) is 2.62. The van der Waals surface area contributed by atoms with Gasteiger partial charge >= 0.3 is 5.97 Å². The lowest BCUT2D eigenvalue weighted by molar-refractivity contribution is 0.0696. The highest BCUT2D eigenvalue weighted by molar-refractivity contribution is 6.31. The number of nitrogen functional groups attached to an aromatic ring is 1. The molecular weight excluding hydrogens is 286 g/mol. The van der Waals surface area contributed by atoms with Crippen molar-refractivity contribution in [3.63, 3.8) is 0 Å². The Morgan fingerprint density at radius 3 is 2.45 bits per heavy atom. The first-order valence-electron chi connectivity index (χ1n) is 6.39. The summed E-state index contributed by atoms with van der Waals surface area (Å²) in [5, 5.41) is 9.07. The van der Waals surface area contributed by atoms with Gasteiger partial charge < -0.3 is 15.6 Å². The van der Waals surface area contributed by atoms with Gasteiger partial charge in [-0.15, -0.1) is 0 Å². The number of rotatable bonds is 2. The second-order valence-corrected chi connectivity index (χ2v) is 4.83. The molecule has 0 amide bonds. The van der Waals surface area contributed by atoms with Gasteiger partial charge in [-0.05, 0) is 18.2 Å². The Kier molecular flexibility index (Phi) is 2.95. The Morgan fingerprint density at radius 1 is 1.09 bits per heavy atom. The average molecular weight is 297 g/mol. The zero-order chi connectivity index (χ0) is 16.0. The van der Waals surface area contributed by atoms with E-state index in [1.54, 1.807) is 12.1 Å². The van der Waals surface area contributed by atoms with Crippen LogP contribution in [0.3, 0.4) is 0 Å². The topological polar surface area (TPSA) is 107 Å². The van der Waals surface area contributed by atoms with Gasteiger partial charge in [0.2, 0.25) is 0 Å². The number of carbonyl (C=O) groups is 3. The molecule has 0 saturated carbocycles. The maximum absolute atomic E-state index is 12.7. The summed E-state index contributed by atoms with van der Waals surface area (Å²) in [6.45, 7) is 0. The van der Waals surface area contributed by atoms with Crippen molar-refractivity contribution in [3.8, 4) is 5.75 Å². The third kappa shape index (κ3) is 1.77. The summed E-state index contributed by atoms with van der Waals surface area (Å²) in [6.07, 6.45) is 0. The Labute approximate surface area is 125 Å². The second-order valence-electron chi connectivity index (χ2n) is 4.83. The summed E-state index contributed by atoms with van der Waals surface area (Å²) in [5.41, 5.74) is 5.98. The number of carbonyl (C=O) groups excluding carboxylic acids is 2. The molecule has 0 aliphatic heterocycles. The van der Waals surface area contributed by atoms with Crippen molar-refractivity contribution in [3.05, 3.63) is 58.1 Å². The molecule has 2 aromatic carbocycles. The molecule has 1 aliphatic rings. The highest BCUT2D eigenvalue weighted by Gasteiger charge is 2.34. The minimum Gasteiger partial charge on any atom is -0.496 e. The normalized spacial score (nSPS) is 12.6. The quantitative estimate of drug-likeness (QED) is 0.698. The molecule has 2 aromatic rings. The number of anilines is 1. The highest BCUT2D eigenvalue weighted by atomic mass is 16.5. The summed E-state index contributed by atoms with van der Waals surface area (Å²) in [5.74, 6) is -1.83. The van der Waals surface area contributed by atoms with Crippen LogP contribution in [0, 0.1) is 0 Å². The molecule has 0 aromatic heterocycles. The second kappa shape index (κ2) is 4.70. The van der Waals surface area contributed by atoms with Gasteiger partial charge in [-0.1, -0.05) is 12.1 Å². The van der Waals surface area contributed by atoms with Crippen LogP contribution in [-0.4, -0.2) is 29.8 Å². The molecule has 6 nitrogen and oxygen atoms in total. The lowest BCUT2D eigenvalue weighted by Gasteiger charge is -2.21. The summed E-state index contributed by atoms with van der Waals surface area (Å²) in [6, 6.07) is 7.03. The van der Waals surface area contributed by atoms with Gasteiger partial charge in [-0.2, -0.15) is 0 Å². The van der Waals surface area contributed by atoms with Gasteiger partial charge in [0.15, 0.2) is 11.6 Å². The molecule has 0 radical (unpaired) electrons. The monoisotopic (exact) mass is 297 g/mol. The summed E-state index contributed by atoms with van der Waals surface area (Å²) in [7, 11) is 1.40. The molecule has 0 heterocycles. The third-order valence-electron chi connectivity index (χ3n) is 3.61. The van der Waals surface area contributed by atoms with Crippen molar-refractivity contribution in [2.45, 2.75) is 0 Å². The van der Waals surface area contributed by atoms with Crippen LogP contribution in [0.2, 0.25) is 0 Å². The van der Waals surface area contributed by atoms with Crippen LogP contribution in [0.25, 0.3) is 0 Å². The maximum atomic E-state index is 12.7. The number of benzene rings is 2. The molecule has 0 fully saturated rings. The summed E-state index contributed by atoms with van der Waals surface area (Å²) in [4.78, 5) is 36.4. The number of carboxylic acids is 1. The number of methoxy groups -OCH3 is 1. The molecule has 1 aliphatic carbocycles. The van der Waals surface area contributed by atoms with E-state index in [1.165, 1.54) is 25.3 Å². The molecule has 0 atom stereocenters. The van der Waals surface area contributed by atoms with E-state index in [9.17, 15) is 14.4 Å². The van der Waals surface area contributed by atoms with Gasteiger partial charge in [0, 0.05) is 16.8 Å². The zero-order valence-electron chi connectivity index (χ0n) is 11.5. The van der Waals surface area contributed by atoms with Gasteiger partial charge in [0.05, 0.1) is 23.8 Å². The fourth-order valence-electron chi connectivity index (χ4n) is 2.62. The highest BCUT2D eigenvalue weighted by Crippen LogP contribution is 2.36. The van der Waals surface area contributed by atoms with Crippen molar-refractivity contribution in [1.82, 2.24) is 0 Å². The van der Waals surface area contributed by atoms with E-state index in [1.807, 2.05) is 0 Å². The van der Waals surface area contributed by atoms with E-state index < -0.39 is 17.5 Å². The molecule has 0 unspecified atom stereocenters. The molecule has 0 bridgehead atoms. The lowest BCUT2D eigenvalue weighted by atomic mass is 9.82. The number of ketones is 2. The predicted octanol–water partition coefficient (Wildman–Crippen LogP) is 1.75. The predicted molar refractivity (Wildman–Crippen MR) is 77.7 cm³/mol. The molecule has 22 heavy (non-hydrogen) atoms. The smallest absolute Gasteiger partial charge is 0.335 e. The van der Waals surface area contributed by atoms with E-state index in [0.29, 0.717) is 0 Å². The molecular formula is C16H11NO5. The zero-order valence-corrected chi connectivity index (χ0v) is 11.5. The number of ether oxygens (including phenoxy) is 1. The van der Waals surface area contributed by atoms with E-state index in [-0.39, 0.29) is 39.3 Å². The molecule has 3 rings (SSSR count). The van der Waals surface area contributed by atoms with Crippen LogP contribution >= 0.6 is 0 Å². The van der Waals surface area contributed by atoms with Crippen molar-refractivity contribution in [2.75, 3.05) is 12.8 Å². The lowest BCUT2D eigenvalue weighted by Crippen LogP contribution is -2.24. The average Bonchev–Trinajstić information content (AvgIpc) is 2.50. The van der Waals surface area contributed by atoms with Crippen LogP contribution in [0.15, 0.2) is 30.3 Å². The van der Waals surface area contributed by atoms with Gasteiger partial charge in [0.25, 0.3) is 0 Å². The molecule has 0 saturated heterocycles. The number of fused-ring (bicyclic) bond motifs is 2. The van der Waals surface area contributed by atoms with Gasteiger partial charge in [-0.3, -0.25) is 9.59 Å². The number of aromatic carboxylic acids is 1. The summed E-state index contributed by atoms with van der Waals surface area (Å²) >= 11 is 0. The molecule has 0 spiro atoms. The number of nitrogens with two attached hydrogens (primary N) is 1. The third-order valence-corrected chi connectivity index (χ3v) is 3.61. The van der Waals surface area contributed by atoms with Crippen molar-refractivity contribution >= 4 is 23.2 Å². The number of hydrogen-bond donors (Lipinski definition) is 2. The fraction of sp³-hybridized carbons (Fsp3) is 0.0625. The van der Waals surface area contributed by atoms with E-state index in [2.05, 4.69) is 0 Å². The standard InChI is InChI=1S/C16H11NO5/c1-22-11-4-2-3-8-13(11)15(19)12-9(14(8)18)5-7(16(20)21)6-10(12)17/h2-6H,17H2,1H3,(H,20,21). The Balaban J connectivity index is 2.34. The molecule has 3 N–H and O–H groups in total. The van der Waals surface area contributed by atoms with E-state index in [0.717, 1.165) is 0 Å². The van der Waals surface area contributed by atoms with Crippen LogP contribution in [0.1, 0.15) is 42.2 Å². The SMILES string of the molecule is COc1cccc2c1C(=O)c1c(N)cc(C(=O)O)cc1C2=O. The van der Waals surface area contributed by atoms with Crippen molar-refractivity contribution in [2.24, 2.45) is 0 Å². The Bertz CT molecular complexity index is 854. The largest absolute Gasteiger partial charge is 0.496 e. The van der Waals surface area contributed by atoms with Gasteiger partial charge in [-0.25, -0.2) is 4.79 Å². The Morgan fingerprint density at radius 2 is 1.82 bits per heavy atom. The Hall–Kier alpha value is -3.15. The van der Waals surface area contributed by atoms with E-state index in [4.69, 9.17) is 15.6 Å². The number of hydrogen-bond acceptors (Lipinski definition) is 5. The van der Waals surface area contributed by atoms with Gasteiger partial charge in [0.1, 0.15) is 5.75 Å². The first kappa shape index (κ1) is 13.8. The van der Waals surface area contributed by atoms with Crippen LogP contribution in [0.4, 0.5) is 5.69 Å². The molecule has 110 valence electrons. The minimum absolute atomic E-state index is 0.00292. The van der Waals surface area contributed by atoms with Crippen LogP contribution in [-0.2, 0) is 0 Å². The first-order chi connectivity index (χ1) is 10.5. The molecule has 6 heteroatoms. The first-order valence-corrected chi connectivity index (χ1v) is 6.39. The summed E-state index contributed by atoms with van der Waals surface area (Å²) < 4.78 is 5.14. The minimum atomic E-state index is -1.22. The van der Waals surface area contributed by atoms with E-state index >= 15 is 0 Å². The van der Waals surface area contributed by atoms with Crippen LogP contribution < -0.4 is 10.5 Å². The van der Waals surface area contributed by atoms with Crippen LogP contribution in [0.5, 0.6) is 5.75 Å². The van der Waals surface area contributed by atoms with Crippen molar-refractivity contribution in [1.29, 1.82) is 0 Å². The number of carboxylic acid groups (broad SMARTS) is 1. The van der Waals surface area contributed by atoms with Crippen molar-refractivity contribution < 1.29 is 24.2 Å². The maximum Gasteiger partial charge on any atom is 0.335 e.